The molecule has 8 rings (SSSR count). The van der Waals surface area contributed by atoms with E-state index >= 15 is 0 Å². The van der Waals surface area contributed by atoms with Crippen LogP contribution in [0.4, 0.5) is 5.69 Å². The number of aliphatic hydroxyl groups is 2. The molecule has 4 aromatic rings. The summed E-state index contributed by atoms with van der Waals surface area (Å²) in [4.78, 5) is 48.6. The Balaban J connectivity index is 1.10. The molecule has 10 nitrogen and oxygen atoms in total. The van der Waals surface area contributed by atoms with Gasteiger partial charge in [-0.25, -0.2) is 4.98 Å². The number of amides is 3. The summed E-state index contributed by atoms with van der Waals surface area (Å²) in [5.41, 5.74) is 4.07. The van der Waals surface area contributed by atoms with E-state index in [0.29, 0.717) is 40.0 Å². The number of nitrogens with zero attached hydrogens (tertiary/aromatic N) is 1. The van der Waals surface area contributed by atoms with Gasteiger partial charge in [0, 0.05) is 18.8 Å². The molecule has 10 heteroatoms. The highest BCUT2D eigenvalue weighted by Crippen LogP contribution is 2.59. The van der Waals surface area contributed by atoms with Crippen molar-refractivity contribution in [3.63, 3.8) is 0 Å². The summed E-state index contributed by atoms with van der Waals surface area (Å²) in [7, 11) is 0. The molecule has 0 aliphatic heterocycles. The van der Waals surface area contributed by atoms with Crippen LogP contribution < -0.4 is 16.0 Å². The fourth-order valence-electron chi connectivity index (χ4n) is 8.81. The number of rotatable bonds is 11. The Bertz CT molecular complexity index is 1740. The first-order valence-corrected chi connectivity index (χ1v) is 16.6. The van der Waals surface area contributed by atoms with Crippen molar-refractivity contribution in [1.82, 2.24) is 20.6 Å². The SMILES string of the molecule is O=C(NCC(C(=O)Nc1cc(CO)cc(CO)c1)c1ccccc1)c1cc2nc[nH]c2cc1C(=O)NCC12CC3CC(CC(C3)C1)C2. The van der Waals surface area contributed by atoms with Crippen LogP contribution in [0.25, 0.3) is 11.0 Å². The first kappa shape index (κ1) is 31.1. The van der Waals surface area contributed by atoms with E-state index in [4.69, 9.17) is 0 Å². The van der Waals surface area contributed by atoms with Crippen molar-refractivity contribution < 1.29 is 24.6 Å². The molecule has 4 bridgehead atoms. The molecule has 4 aliphatic carbocycles. The molecule has 1 unspecified atom stereocenters. The van der Waals surface area contributed by atoms with Gasteiger partial charge < -0.3 is 31.1 Å². The first-order chi connectivity index (χ1) is 22.8. The van der Waals surface area contributed by atoms with Crippen molar-refractivity contribution >= 4 is 34.4 Å². The van der Waals surface area contributed by atoms with Gasteiger partial charge in [0.25, 0.3) is 11.8 Å². The zero-order valence-corrected chi connectivity index (χ0v) is 26.3. The summed E-state index contributed by atoms with van der Waals surface area (Å²) in [5.74, 6) is 0.407. The second-order valence-corrected chi connectivity index (χ2v) is 13.9. The third-order valence-electron chi connectivity index (χ3n) is 10.5. The molecule has 0 saturated heterocycles. The van der Waals surface area contributed by atoms with Crippen LogP contribution in [0.2, 0.25) is 0 Å². The minimum absolute atomic E-state index is 0.0336. The third kappa shape index (κ3) is 6.53. The van der Waals surface area contributed by atoms with E-state index < -0.39 is 11.8 Å². The number of fused-ring (bicyclic) bond motifs is 1. The topological polar surface area (TPSA) is 156 Å². The van der Waals surface area contributed by atoms with E-state index in [1.54, 1.807) is 30.3 Å². The monoisotopic (exact) mass is 635 g/mol. The highest BCUT2D eigenvalue weighted by atomic mass is 16.3. The van der Waals surface area contributed by atoms with Crippen molar-refractivity contribution in [1.29, 1.82) is 0 Å². The number of hydrogen-bond acceptors (Lipinski definition) is 6. The number of aromatic nitrogens is 2. The third-order valence-corrected chi connectivity index (χ3v) is 10.5. The fourth-order valence-corrected chi connectivity index (χ4v) is 8.81. The number of nitrogens with one attached hydrogen (secondary N) is 4. The Kier molecular flexibility index (Phi) is 8.55. The lowest BCUT2D eigenvalue weighted by Gasteiger charge is -2.56. The van der Waals surface area contributed by atoms with E-state index in [1.165, 1.54) is 44.9 Å². The molecule has 0 radical (unpaired) electrons. The Labute approximate surface area is 273 Å². The number of benzene rings is 3. The number of hydrogen-bond donors (Lipinski definition) is 6. The van der Waals surface area contributed by atoms with Crippen LogP contribution in [0.3, 0.4) is 0 Å². The maximum absolute atomic E-state index is 13.8. The van der Waals surface area contributed by atoms with Gasteiger partial charge >= 0.3 is 0 Å². The van der Waals surface area contributed by atoms with Crippen LogP contribution in [0, 0.1) is 23.2 Å². The predicted molar refractivity (Wildman–Crippen MR) is 177 cm³/mol. The zero-order chi connectivity index (χ0) is 32.5. The molecule has 0 spiro atoms. The van der Waals surface area contributed by atoms with Crippen LogP contribution in [0.1, 0.15) is 81.8 Å². The molecular formula is C37H41N5O5. The Hall–Kier alpha value is -4.54. The van der Waals surface area contributed by atoms with Gasteiger partial charge in [0.2, 0.25) is 5.91 Å². The summed E-state index contributed by atoms with van der Waals surface area (Å²) in [6.07, 6.45) is 9.02. The average Bonchev–Trinajstić information content (AvgIpc) is 3.54. The van der Waals surface area contributed by atoms with E-state index in [-0.39, 0.29) is 48.1 Å². The molecule has 4 fully saturated rings. The predicted octanol–water partition coefficient (Wildman–Crippen LogP) is 4.65. The molecule has 3 amide bonds. The van der Waals surface area contributed by atoms with Gasteiger partial charge in [0.1, 0.15) is 0 Å². The molecule has 244 valence electrons. The van der Waals surface area contributed by atoms with Crippen molar-refractivity contribution in [2.45, 2.75) is 57.7 Å². The second-order valence-electron chi connectivity index (χ2n) is 13.9. The Morgan fingerprint density at radius 2 is 1.45 bits per heavy atom. The van der Waals surface area contributed by atoms with Gasteiger partial charge in [0.15, 0.2) is 0 Å². The van der Waals surface area contributed by atoms with Gasteiger partial charge in [-0.2, -0.15) is 0 Å². The summed E-state index contributed by atoms with van der Waals surface area (Å²) in [6, 6.07) is 17.4. The number of aromatic amines is 1. The van der Waals surface area contributed by atoms with Crippen LogP contribution in [0.15, 0.2) is 67.0 Å². The highest BCUT2D eigenvalue weighted by molar-refractivity contribution is 6.10. The van der Waals surface area contributed by atoms with Gasteiger partial charge in [-0.15, -0.1) is 0 Å². The summed E-state index contributed by atoms with van der Waals surface area (Å²) < 4.78 is 0. The van der Waals surface area contributed by atoms with Crippen molar-refractivity contribution in [3.05, 3.63) is 94.8 Å². The van der Waals surface area contributed by atoms with E-state index in [2.05, 4.69) is 25.9 Å². The van der Waals surface area contributed by atoms with E-state index in [0.717, 1.165) is 17.8 Å². The molecule has 4 aliphatic rings. The van der Waals surface area contributed by atoms with E-state index in [9.17, 15) is 24.6 Å². The second kappa shape index (κ2) is 12.9. The number of imidazole rings is 1. The quantitative estimate of drug-likeness (QED) is 0.141. The highest BCUT2D eigenvalue weighted by Gasteiger charge is 2.50. The van der Waals surface area contributed by atoms with Crippen LogP contribution in [0.5, 0.6) is 0 Å². The van der Waals surface area contributed by atoms with Crippen LogP contribution in [-0.4, -0.2) is 51.0 Å². The molecule has 1 heterocycles. The normalized spacial score (nSPS) is 23.4. The maximum Gasteiger partial charge on any atom is 0.252 e. The van der Waals surface area contributed by atoms with Crippen molar-refractivity contribution in [2.75, 3.05) is 18.4 Å². The molecule has 47 heavy (non-hydrogen) atoms. The molecular weight excluding hydrogens is 594 g/mol. The van der Waals surface area contributed by atoms with Crippen LogP contribution in [-0.2, 0) is 18.0 Å². The largest absolute Gasteiger partial charge is 0.392 e. The zero-order valence-electron chi connectivity index (χ0n) is 26.3. The lowest BCUT2D eigenvalue weighted by Crippen LogP contribution is -2.51. The van der Waals surface area contributed by atoms with Gasteiger partial charge in [0.05, 0.1) is 47.6 Å². The van der Waals surface area contributed by atoms with Gasteiger partial charge in [-0.1, -0.05) is 36.4 Å². The molecule has 4 saturated carbocycles. The molecule has 3 aromatic carbocycles. The molecule has 6 N–H and O–H groups in total. The van der Waals surface area contributed by atoms with Gasteiger partial charge in [-0.3, -0.25) is 14.4 Å². The molecule has 1 atom stereocenters. The Morgan fingerprint density at radius 1 is 0.830 bits per heavy atom. The number of carbonyl (C=O) groups is 3. The van der Waals surface area contributed by atoms with Gasteiger partial charge in [-0.05, 0) is 103 Å². The molecule has 1 aromatic heterocycles. The van der Waals surface area contributed by atoms with E-state index in [1.807, 2.05) is 30.3 Å². The summed E-state index contributed by atoms with van der Waals surface area (Å²) in [6.45, 7) is 0.0959. The first-order valence-electron chi connectivity index (χ1n) is 16.6. The Morgan fingerprint density at radius 3 is 2.09 bits per heavy atom. The van der Waals surface area contributed by atoms with Crippen LogP contribution >= 0.6 is 0 Å². The number of aliphatic hydroxyl groups excluding tert-OH is 2. The number of anilines is 1. The minimum Gasteiger partial charge on any atom is -0.392 e. The minimum atomic E-state index is -0.766. The van der Waals surface area contributed by atoms with Crippen molar-refractivity contribution in [2.24, 2.45) is 23.2 Å². The lowest BCUT2D eigenvalue weighted by molar-refractivity contribution is -0.117. The lowest BCUT2D eigenvalue weighted by atomic mass is 9.49. The summed E-state index contributed by atoms with van der Waals surface area (Å²) >= 11 is 0. The number of carbonyl (C=O) groups excluding carboxylic acids is 3. The average molecular weight is 636 g/mol. The summed E-state index contributed by atoms with van der Waals surface area (Å²) in [5, 5.41) is 28.3. The smallest absolute Gasteiger partial charge is 0.252 e. The number of H-pyrrole nitrogens is 1. The fraction of sp³-hybridized carbons (Fsp3) is 0.405. The maximum atomic E-state index is 13.8. The standard InChI is InChI=1S/C37H41N5O5/c43-18-25-9-26(19-44)11-28(10-25)42-36(47)31(27-4-2-1-3-5-27)17-38-34(45)29-12-32-33(41-21-40-32)13-30(29)35(46)39-20-37-14-22-6-23(15-37)8-24(7-22)16-37/h1-5,9-13,21-24,31,43-44H,6-8,14-20H2,(H,38,45)(H,39,46)(H,40,41)(H,42,47). The van der Waals surface area contributed by atoms with Crippen molar-refractivity contribution in [3.8, 4) is 0 Å².